The lowest BCUT2D eigenvalue weighted by molar-refractivity contribution is 0.0349. The molecule has 0 radical (unpaired) electrons. The largest absolute Gasteiger partial charge is 0.379 e. The molecule has 0 saturated carbocycles. The van der Waals surface area contributed by atoms with E-state index in [1.165, 1.54) is 38.6 Å². The van der Waals surface area contributed by atoms with Crippen molar-refractivity contribution < 1.29 is 9.13 Å². The summed E-state index contributed by atoms with van der Waals surface area (Å²) in [4.78, 5) is 5.00. The van der Waals surface area contributed by atoms with Crippen molar-refractivity contribution in [2.75, 3.05) is 50.8 Å². The Morgan fingerprint density at radius 2 is 1.94 bits per heavy atom. The molecule has 1 unspecified atom stereocenters. The third-order valence-corrected chi connectivity index (χ3v) is 7.42. The van der Waals surface area contributed by atoms with Gasteiger partial charge in [0.05, 0.1) is 18.9 Å². The zero-order valence-electron chi connectivity index (χ0n) is 21.2. The molecule has 4 rings (SSSR count). The minimum Gasteiger partial charge on any atom is -0.379 e. The number of halogens is 1. The van der Waals surface area contributed by atoms with Gasteiger partial charge in [-0.15, -0.1) is 0 Å². The number of rotatable bonds is 7. The Bertz CT molecular complexity index is 963. The van der Waals surface area contributed by atoms with E-state index in [1.54, 1.807) is 6.92 Å². The van der Waals surface area contributed by atoms with Crippen LogP contribution in [0.2, 0.25) is 0 Å². The number of hydrogen-bond donors (Lipinski definition) is 0. The van der Waals surface area contributed by atoms with Gasteiger partial charge < -0.3 is 9.64 Å². The average molecular weight is 469 g/mol. The van der Waals surface area contributed by atoms with E-state index in [2.05, 4.69) is 29.4 Å². The van der Waals surface area contributed by atoms with Crippen LogP contribution >= 0.6 is 0 Å². The smallest absolute Gasteiger partial charge is 0.151 e. The van der Waals surface area contributed by atoms with Gasteiger partial charge in [0.25, 0.3) is 0 Å². The fourth-order valence-corrected chi connectivity index (χ4v) is 5.31. The molecule has 1 aromatic heterocycles. The van der Waals surface area contributed by atoms with Crippen molar-refractivity contribution >= 4 is 11.4 Å². The molecule has 0 N–H and O–H groups in total. The standard InChI is InChI=1S/C28H41FN4O/c1-21(2)26-9-8-25(20-27(26)23(4)29)33-22(3)19-28(30-33)32-12-6-5-7-24(11-14-32)10-13-31-15-17-34-18-16-31/h8-9,19-20,23-24H,1,5-7,10-18H2,2-4H3/t23-,24?/m0/s1. The van der Waals surface area contributed by atoms with E-state index in [9.17, 15) is 4.39 Å². The number of nitrogens with zero attached hydrogens (tertiary/aromatic N) is 4. The molecule has 2 fully saturated rings. The van der Waals surface area contributed by atoms with Crippen LogP contribution in [0, 0.1) is 12.8 Å². The summed E-state index contributed by atoms with van der Waals surface area (Å²) in [5, 5.41) is 4.97. The Morgan fingerprint density at radius 1 is 1.15 bits per heavy atom. The highest BCUT2D eigenvalue weighted by Gasteiger charge is 2.21. The van der Waals surface area contributed by atoms with Crippen LogP contribution in [-0.2, 0) is 4.74 Å². The van der Waals surface area contributed by atoms with Gasteiger partial charge in [0.2, 0.25) is 0 Å². The summed E-state index contributed by atoms with van der Waals surface area (Å²) in [5.74, 6) is 1.81. The second kappa shape index (κ2) is 11.5. The molecule has 0 spiro atoms. The second-order valence-corrected chi connectivity index (χ2v) is 10.1. The van der Waals surface area contributed by atoms with E-state index in [4.69, 9.17) is 9.84 Å². The summed E-state index contributed by atoms with van der Waals surface area (Å²) in [6.45, 7) is 16.8. The normalized spacial score (nSPS) is 21.2. The predicted molar refractivity (Wildman–Crippen MR) is 139 cm³/mol. The number of ether oxygens (including phenoxy) is 1. The van der Waals surface area contributed by atoms with E-state index >= 15 is 0 Å². The van der Waals surface area contributed by atoms with E-state index < -0.39 is 6.17 Å². The lowest BCUT2D eigenvalue weighted by Crippen LogP contribution is -2.38. The molecule has 2 atom stereocenters. The van der Waals surface area contributed by atoms with Gasteiger partial charge in [-0.25, -0.2) is 9.07 Å². The summed E-state index contributed by atoms with van der Waals surface area (Å²) in [6.07, 6.45) is 5.27. The molecule has 2 aromatic rings. The SMILES string of the molecule is C=C(C)c1ccc(-n2nc(N3CCCCC(CCN4CCOCC4)CC3)cc2C)cc1[C@H](C)F. The van der Waals surface area contributed by atoms with Crippen molar-refractivity contribution in [3.05, 3.63) is 47.7 Å². The van der Waals surface area contributed by atoms with Gasteiger partial charge in [-0.1, -0.05) is 31.1 Å². The van der Waals surface area contributed by atoms with E-state index in [0.717, 1.165) is 73.6 Å². The number of anilines is 1. The fourth-order valence-electron chi connectivity index (χ4n) is 5.31. The predicted octanol–water partition coefficient (Wildman–Crippen LogP) is 5.96. The number of aryl methyl sites for hydroxylation is 1. The summed E-state index contributed by atoms with van der Waals surface area (Å²) >= 11 is 0. The highest BCUT2D eigenvalue weighted by molar-refractivity contribution is 5.66. The molecule has 0 amide bonds. The highest BCUT2D eigenvalue weighted by atomic mass is 19.1. The van der Waals surface area contributed by atoms with Gasteiger partial charge in [0.1, 0.15) is 6.17 Å². The van der Waals surface area contributed by atoms with Gasteiger partial charge in [-0.3, -0.25) is 4.90 Å². The topological polar surface area (TPSA) is 33.5 Å². The van der Waals surface area contributed by atoms with Gasteiger partial charge in [0.15, 0.2) is 5.82 Å². The van der Waals surface area contributed by atoms with Gasteiger partial charge in [-0.05, 0) is 75.8 Å². The van der Waals surface area contributed by atoms with Crippen molar-refractivity contribution in [1.29, 1.82) is 0 Å². The zero-order valence-corrected chi connectivity index (χ0v) is 21.2. The highest BCUT2D eigenvalue weighted by Crippen LogP contribution is 2.30. The lowest BCUT2D eigenvalue weighted by atomic mass is 9.92. The fraction of sp³-hybridized carbons (Fsp3) is 0.607. The van der Waals surface area contributed by atoms with E-state index in [1.807, 2.05) is 29.8 Å². The zero-order chi connectivity index (χ0) is 24.1. The number of benzene rings is 1. The van der Waals surface area contributed by atoms with E-state index in [-0.39, 0.29) is 0 Å². The summed E-state index contributed by atoms with van der Waals surface area (Å²) in [7, 11) is 0. The maximum atomic E-state index is 14.4. The van der Waals surface area contributed by atoms with Crippen LogP contribution in [0.4, 0.5) is 10.2 Å². The van der Waals surface area contributed by atoms with Gasteiger partial charge in [-0.2, -0.15) is 5.10 Å². The Balaban J connectivity index is 1.44. The maximum absolute atomic E-state index is 14.4. The summed E-state index contributed by atoms with van der Waals surface area (Å²) in [5.41, 5.74) is 4.42. The summed E-state index contributed by atoms with van der Waals surface area (Å²) in [6, 6.07) is 8.09. The van der Waals surface area contributed by atoms with Crippen LogP contribution in [0.15, 0.2) is 30.8 Å². The number of hydrogen-bond acceptors (Lipinski definition) is 4. The minimum absolute atomic E-state index is 0.677. The first kappa shape index (κ1) is 24.9. The monoisotopic (exact) mass is 468 g/mol. The van der Waals surface area contributed by atoms with Gasteiger partial charge >= 0.3 is 0 Å². The molecular formula is C28H41FN4O. The first-order valence-electron chi connectivity index (χ1n) is 13.0. The van der Waals surface area contributed by atoms with Crippen LogP contribution in [0.3, 0.4) is 0 Å². The quantitative estimate of drug-likeness (QED) is 0.502. The number of allylic oxidation sites excluding steroid dienone is 1. The molecule has 2 saturated heterocycles. The number of aromatic nitrogens is 2. The molecule has 2 aliphatic rings. The molecule has 0 aliphatic carbocycles. The second-order valence-electron chi connectivity index (χ2n) is 10.1. The van der Waals surface area contributed by atoms with Crippen LogP contribution < -0.4 is 4.90 Å². The van der Waals surface area contributed by atoms with Crippen molar-refractivity contribution in [2.24, 2.45) is 5.92 Å². The van der Waals surface area contributed by atoms with Crippen LogP contribution in [0.25, 0.3) is 11.3 Å². The van der Waals surface area contributed by atoms with Crippen molar-refractivity contribution in [2.45, 2.75) is 59.0 Å². The third kappa shape index (κ3) is 6.08. The Kier molecular flexibility index (Phi) is 8.43. The van der Waals surface area contributed by atoms with Crippen molar-refractivity contribution in [3.63, 3.8) is 0 Å². The van der Waals surface area contributed by atoms with Crippen LogP contribution in [-0.4, -0.2) is 60.6 Å². The van der Waals surface area contributed by atoms with Crippen LogP contribution in [0.5, 0.6) is 0 Å². The maximum Gasteiger partial charge on any atom is 0.151 e. The van der Waals surface area contributed by atoms with E-state index in [0.29, 0.717) is 5.56 Å². The van der Waals surface area contributed by atoms with Crippen molar-refractivity contribution in [1.82, 2.24) is 14.7 Å². The molecule has 1 aromatic carbocycles. The average Bonchev–Trinajstić information content (AvgIpc) is 3.20. The summed E-state index contributed by atoms with van der Waals surface area (Å²) < 4.78 is 21.8. The Labute approximate surface area is 204 Å². The van der Waals surface area contributed by atoms with Gasteiger partial charge in [0, 0.05) is 37.9 Å². The molecular weight excluding hydrogens is 427 g/mol. The molecule has 186 valence electrons. The number of morpholine rings is 1. The Hall–Kier alpha value is -2.18. The Morgan fingerprint density at radius 3 is 2.68 bits per heavy atom. The first-order chi connectivity index (χ1) is 16.4. The third-order valence-electron chi connectivity index (χ3n) is 7.42. The minimum atomic E-state index is -1.05. The van der Waals surface area contributed by atoms with Crippen molar-refractivity contribution in [3.8, 4) is 5.69 Å². The molecule has 3 heterocycles. The van der Waals surface area contributed by atoms with Crippen LogP contribution in [0.1, 0.15) is 68.9 Å². The molecule has 34 heavy (non-hydrogen) atoms. The molecule has 0 bridgehead atoms. The molecule has 2 aliphatic heterocycles. The lowest BCUT2D eigenvalue weighted by Gasteiger charge is -2.31. The first-order valence-corrected chi connectivity index (χ1v) is 13.0. The molecule has 5 nitrogen and oxygen atoms in total. The number of alkyl halides is 1. The molecule has 6 heteroatoms.